The van der Waals surface area contributed by atoms with Gasteiger partial charge in [-0.25, -0.2) is 4.39 Å². The third-order valence-corrected chi connectivity index (χ3v) is 1.99. The van der Waals surface area contributed by atoms with Crippen molar-refractivity contribution in [1.29, 1.82) is 0 Å². The van der Waals surface area contributed by atoms with Crippen LogP contribution in [0.15, 0.2) is 42.5 Å². The van der Waals surface area contributed by atoms with E-state index in [9.17, 15) is 4.39 Å². The van der Waals surface area contributed by atoms with E-state index >= 15 is 0 Å². The Labute approximate surface area is 82.0 Å². The molecule has 2 heteroatoms. The first kappa shape index (κ1) is 8.75. The van der Waals surface area contributed by atoms with E-state index in [2.05, 4.69) is 6.07 Å². The summed E-state index contributed by atoms with van der Waals surface area (Å²) in [6.07, 6.45) is 0. The van der Waals surface area contributed by atoms with E-state index < -0.39 is 0 Å². The van der Waals surface area contributed by atoms with Gasteiger partial charge in [-0.1, -0.05) is 18.2 Å². The summed E-state index contributed by atoms with van der Waals surface area (Å²) in [6, 6.07) is 14.6. The van der Waals surface area contributed by atoms with Gasteiger partial charge in [0.2, 0.25) is 0 Å². The first-order chi connectivity index (χ1) is 6.75. The molecule has 0 aromatic heterocycles. The van der Waals surface area contributed by atoms with Crippen molar-refractivity contribution in [3.05, 3.63) is 54.3 Å². The van der Waals surface area contributed by atoms with Crippen molar-refractivity contribution in [2.45, 2.75) is 0 Å². The molecular weight excluding hydrogens is 177 g/mol. The number of hydrogen-bond donors (Lipinski definition) is 1. The third kappa shape index (κ3) is 1.74. The van der Waals surface area contributed by atoms with Crippen molar-refractivity contribution in [2.24, 2.45) is 0 Å². The van der Waals surface area contributed by atoms with Crippen LogP contribution in [-0.2, 0) is 0 Å². The fraction of sp³-hybridized carbons (Fsp3) is 0. The number of anilines is 1. The minimum atomic E-state index is -0.254. The highest BCUT2D eigenvalue weighted by Crippen LogP contribution is 2.20. The molecular formula is C12H9FN. The van der Waals surface area contributed by atoms with Gasteiger partial charge in [0, 0.05) is 5.69 Å². The highest BCUT2D eigenvalue weighted by Gasteiger charge is 1.98. The number of nitrogen functional groups attached to an aromatic ring is 1. The zero-order valence-corrected chi connectivity index (χ0v) is 7.50. The van der Waals surface area contributed by atoms with Gasteiger partial charge in [0.1, 0.15) is 5.82 Å². The Morgan fingerprint density at radius 1 is 1.07 bits per heavy atom. The molecule has 0 aliphatic heterocycles. The van der Waals surface area contributed by atoms with Gasteiger partial charge in [-0.2, -0.15) is 0 Å². The molecule has 2 aromatic carbocycles. The molecule has 14 heavy (non-hydrogen) atoms. The lowest BCUT2D eigenvalue weighted by Crippen LogP contribution is -1.84. The van der Waals surface area contributed by atoms with Gasteiger partial charge >= 0.3 is 0 Å². The van der Waals surface area contributed by atoms with Crippen molar-refractivity contribution in [2.75, 3.05) is 5.73 Å². The normalized spacial score (nSPS) is 10.1. The van der Waals surface area contributed by atoms with Crippen LogP contribution in [0.1, 0.15) is 0 Å². The van der Waals surface area contributed by atoms with Gasteiger partial charge in [0.15, 0.2) is 0 Å². The maximum Gasteiger partial charge on any atom is 0.123 e. The monoisotopic (exact) mass is 186 g/mol. The van der Waals surface area contributed by atoms with Gasteiger partial charge in [-0.05, 0) is 41.5 Å². The van der Waals surface area contributed by atoms with Crippen LogP contribution in [0.4, 0.5) is 10.1 Å². The molecule has 1 radical (unpaired) electrons. The Balaban J connectivity index is 2.44. The molecule has 0 heterocycles. The summed E-state index contributed by atoms with van der Waals surface area (Å²) in [6.45, 7) is 0. The summed E-state index contributed by atoms with van der Waals surface area (Å²) >= 11 is 0. The first-order valence-electron chi connectivity index (χ1n) is 4.29. The predicted molar refractivity (Wildman–Crippen MR) is 55.1 cm³/mol. The van der Waals surface area contributed by atoms with E-state index in [0.29, 0.717) is 5.69 Å². The summed E-state index contributed by atoms with van der Waals surface area (Å²) in [7, 11) is 0. The van der Waals surface area contributed by atoms with E-state index in [4.69, 9.17) is 5.73 Å². The summed E-state index contributed by atoms with van der Waals surface area (Å²) in [5, 5.41) is 0. The fourth-order valence-corrected chi connectivity index (χ4v) is 1.27. The molecule has 0 saturated carbocycles. The highest BCUT2D eigenvalue weighted by atomic mass is 19.1. The van der Waals surface area contributed by atoms with Crippen LogP contribution >= 0.6 is 0 Å². The molecule has 2 aromatic rings. The molecule has 0 aliphatic carbocycles. The van der Waals surface area contributed by atoms with E-state index in [1.807, 2.05) is 12.1 Å². The standard InChI is InChI=1S/C12H9FN/c13-11-3-1-2-10(8-11)9-4-6-12(14)7-5-9/h1,3-8H,14H2. The van der Waals surface area contributed by atoms with Gasteiger partial charge in [0.25, 0.3) is 0 Å². The Hall–Kier alpha value is -1.83. The molecule has 0 unspecified atom stereocenters. The third-order valence-electron chi connectivity index (χ3n) is 1.99. The smallest absolute Gasteiger partial charge is 0.123 e. The molecule has 1 nitrogen and oxygen atoms in total. The minimum absolute atomic E-state index is 0.254. The van der Waals surface area contributed by atoms with Crippen molar-refractivity contribution < 1.29 is 4.39 Å². The van der Waals surface area contributed by atoms with Gasteiger partial charge in [0.05, 0.1) is 0 Å². The second-order valence-electron chi connectivity index (χ2n) is 3.04. The predicted octanol–water partition coefficient (Wildman–Crippen LogP) is 2.88. The number of hydrogen-bond acceptors (Lipinski definition) is 1. The van der Waals surface area contributed by atoms with Gasteiger partial charge in [-0.15, -0.1) is 0 Å². The Morgan fingerprint density at radius 2 is 1.79 bits per heavy atom. The average Bonchev–Trinajstić information content (AvgIpc) is 2.19. The van der Waals surface area contributed by atoms with Crippen LogP contribution in [0, 0.1) is 11.9 Å². The number of rotatable bonds is 1. The van der Waals surface area contributed by atoms with E-state index in [0.717, 1.165) is 11.1 Å². The highest BCUT2D eigenvalue weighted by molar-refractivity contribution is 5.64. The lowest BCUT2D eigenvalue weighted by molar-refractivity contribution is 0.628. The second-order valence-corrected chi connectivity index (χ2v) is 3.04. The topological polar surface area (TPSA) is 26.0 Å². The SMILES string of the molecule is Nc1ccc(-c2[c]ccc(F)c2)cc1. The lowest BCUT2D eigenvalue weighted by atomic mass is 10.1. The zero-order valence-electron chi connectivity index (χ0n) is 7.50. The molecule has 0 saturated heterocycles. The van der Waals surface area contributed by atoms with E-state index in [-0.39, 0.29) is 5.82 Å². The molecule has 0 bridgehead atoms. The zero-order chi connectivity index (χ0) is 9.97. The summed E-state index contributed by atoms with van der Waals surface area (Å²) in [4.78, 5) is 0. The molecule has 0 spiro atoms. The number of nitrogens with two attached hydrogens (primary N) is 1. The fourth-order valence-electron chi connectivity index (χ4n) is 1.27. The molecule has 0 aliphatic rings. The Kier molecular flexibility index (Phi) is 2.19. The maximum atomic E-state index is 12.9. The molecule has 69 valence electrons. The molecule has 0 amide bonds. The summed E-state index contributed by atoms with van der Waals surface area (Å²) in [5.41, 5.74) is 7.91. The van der Waals surface area contributed by atoms with Crippen molar-refractivity contribution in [3.8, 4) is 11.1 Å². The Bertz CT molecular complexity index is 434. The number of benzene rings is 2. The van der Waals surface area contributed by atoms with Crippen molar-refractivity contribution in [3.63, 3.8) is 0 Å². The van der Waals surface area contributed by atoms with Crippen molar-refractivity contribution >= 4 is 5.69 Å². The number of halogens is 1. The second kappa shape index (κ2) is 3.50. The van der Waals surface area contributed by atoms with Crippen molar-refractivity contribution in [1.82, 2.24) is 0 Å². The largest absolute Gasteiger partial charge is 0.399 e. The van der Waals surface area contributed by atoms with E-state index in [1.54, 1.807) is 18.2 Å². The van der Waals surface area contributed by atoms with Crippen LogP contribution in [0.3, 0.4) is 0 Å². The van der Waals surface area contributed by atoms with Crippen LogP contribution in [-0.4, -0.2) is 0 Å². The molecule has 2 rings (SSSR count). The van der Waals surface area contributed by atoms with Crippen LogP contribution in [0.25, 0.3) is 11.1 Å². The quantitative estimate of drug-likeness (QED) is 0.681. The summed E-state index contributed by atoms with van der Waals surface area (Å²) < 4.78 is 12.9. The first-order valence-corrected chi connectivity index (χ1v) is 4.29. The molecule has 2 N–H and O–H groups in total. The van der Waals surface area contributed by atoms with Crippen LogP contribution < -0.4 is 5.73 Å². The van der Waals surface area contributed by atoms with Crippen LogP contribution in [0.2, 0.25) is 0 Å². The molecule has 0 atom stereocenters. The summed E-state index contributed by atoms with van der Waals surface area (Å²) in [5.74, 6) is -0.254. The average molecular weight is 186 g/mol. The van der Waals surface area contributed by atoms with E-state index in [1.165, 1.54) is 12.1 Å². The molecule has 0 fully saturated rings. The minimum Gasteiger partial charge on any atom is -0.399 e. The lowest BCUT2D eigenvalue weighted by Gasteiger charge is -2.01. The van der Waals surface area contributed by atoms with Crippen LogP contribution in [0.5, 0.6) is 0 Å². The maximum absolute atomic E-state index is 12.9. The van der Waals surface area contributed by atoms with Gasteiger partial charge < -0.3 is 5.73 Å². The Morgan fingerprint density at radius 3 is 2.43 bits per heavy atom. The van der Waals surface area contributed by atoms with Gasteiger partial charge in [-0.3, -0.25) is 0 Å².